The molecule has 0 radical (unpaired) electrons. The van der Waals surface area contributed by atoms with Crippen LogP contribution < -0.4 is 11.5 Å². The number of H-pyrrole nitrogens is 1. The molecule has 0 aliphatic rings. The summed E-state index contributed by atoms with van der Waals surface area (Å²) in [6, 6.07) is 0. The van der Waals surface area contributed by atoms with Gasteiger partial charge in [-0.1, -0.05) is 0 Å². The average Bonchev–Trinajstić information content (AvgIpc) is 2.29. The number of aromatic nitrogens is 4. The summed E-state index contributed by atoms with van der Waals surface area (Å²) < 4.78 is 12.9. The fraction of sp³-hybridized carbons (Fsp3) is 0. The molecule has 2 rings (SSSR count). The molecule has 2 heterocycles. The van der Waals surface area contributed by atoms with Gasteiger partial charge in [-0.05, 0) is 0 Å². The molecule has 0 bridgehead atoms. The Morgan fingerprint density at radius 1 is 1.17 bits per heavy atom. The number of imidazole rings is 1. The number of hydrogen-bond donors (Lipinski definition) is 3. The third kappa shape index (κ3) is 0.831. The number of nitrogens with zero attached hydrogens (tertiary/aromatic N) is 3. The van der Waals surface area contributed by atoms with Crippen LogP contribution in [0.5, 0.6) is 0 Å². The lowest BCUT2D eigenvalue weighted by Crippen LogP contribution is -1.97. The number of anilines is 2. The van der Waals surface area contributed by atoms with Crippen LogP contribution >= 0.6 is 0 Å². The van der Waals surface area contributed by atoms with Crippen molar-refractivity contribution in [2.75, 3.05) is 11.5 Å². The molecule has 2 aromatic rings. The number of fused-ring (bicyclic) bond motifs is 1. The highest BCUT2D eigenvalue weighted by Crippen LogP contribution is 2.13. The normalized spacial score (nSPS) is 10.8. The van der Waals surface area contributed by atoms with E-state index in [-0.39, 0.29) is 23.1 Å². The Kier molecular flexibility index (Phi) is 1.15. The third-order valence-corrected chi connectivity index (χ3v) is 1.34. The van der Waals surface area contributed by atoms with Crippen LogP contribution in [0.15, 0.2) is 0 Å². The molecule has 0 saturated heterocycles. The van der Waals surface area contributed by atoms with Crippen molar-refractivity contribution in [3.63, 3.8) is 0 Å². The van der Waals surface area contributed by atoms with Gasteiger partial charge in [0.1, 0.15) is 5.52 Å². The summed E-state index contributed by atoms with van der Waals surface area (Å²) in [6.45, 7) is 0. The van der Waals surface area contributed by atoms with Crippen LogP contribution in [0.25, 0.3) is 11.2 Å². The summed E-state index contributed by atoms with van der Waals surface area (Å²) in [5.41, 5.74) is 10.7. The van der Waals surface area contributed by atoms with E-state index in [1.165, 1.54) is 0 Å². The summed E-state index contributed by atoms with van der Waals surface area (Å²) in [7, 11) is 0. The molecule has 0 aliphatic heterocycles. The number of nitrogens with one attached hydrogen (secondary N) is 1. The number of rotatable bonds is 0. The lowest BCUT2D eigenvalue weighted by Gasteiger charge is -1.91. The number of halogens is 1. The van der Waals surface area contributed by atoms with Crippen LogP contribution in [0.3, 0.4) is 0 Å². The van der Waals surface area contributed by atoms with Crippen LogP contribution in [0.4, 0.5) is 16.3 Å². The van der Waals surface area contributed by atoms with Gasteiger partial charge in [0.15, 0.2) is 11.6 Å². The summed E-state index contributed by atoms with van der Waals surface area (Å²) in [6.07, 6.45) is 0. The maximum atomic E-state index is 12.9. The second-order valence-corrected chi connectivity index (χ2v) is 2.19. The summed E-state index contributed by atoms with van der Waals surface area (Å²) in [5, 5.41) is 0. The zero-order chi connectivity index (χ0) is 8.72. The van der Waals surface area contributed by atoms with E-state index in [0.717, 1.165) is 0 Å². The van der Waals surface area contributed by atoms with E-state index in [1.54, 1.807) is 0 Å². The maximum Gasteiger partial charge on any atom is 0.243 e. The molecule has 0 aliphatic carbocycles. The van der Waals surface area contributed by atoms with Gasteiger partial charge in [0, 0.05) is 0 Å². The molecule has 12 heavy (non-hydrogen) atoms. The highest BCUT2D eigenvalue weighted by atomic mass is 19.1. The Morgan fingerprint density at radius 3 is 2.67 bits per heavy atom. The number of nitrogen functional groups attached to an aromatic ring is 2. The van der Waals surface area contributed by atoms with E-state index in [2.05, 4.69) is 19.9 Å². The molecule has 0 unspecified atom stereocenters. The molecule has 62 valence electrons. The highest BCUT2D eigenvalue weighted by Gasteiger charge is 2.08. The fourth-order valence-corrected chi connectivity index (χ4v) is 0.897. The van der Waals surface area contributed by atoms with E-state index < -0.39 is 5.95 Å². The van der Waals surface area contributed by atoms with E-state index in [0.29, 0.717) is 0 Å². The van der Waals surface area contributed by atoms with Crippen molar-refractivity contribution < 1.29 is 4.39 Å². The first-order valence-corrected chi connectivity index (χ1v) is 3.11. The predicted octanol–water partition coefficient (Wildman–Crippen LogP) is -0.344. The summed E-state index contributed by atoms with van der Waals surface area (Å²) in [5.74, 6) is -0.822. The minimum atomic E-state index is -0.748. The quantitative estimate of drug-likeness (QED) is 0.466. The van der Waals surface area contributed by atoms with Crippen LogP contribution in [-0.4, -0.2) is 19.9 Å². The van der Waals surface area contributed by atoms with Crippen LogP contribution in [0, 0.1) is 5.95 Å². The summed E-state index contributed by atoms with van der Waals surface area (Å²) >= 11 is 0. The largest absolute Gasteiger partial charge is 0.369 e. The molecule has 7 heteroatoms. The standard InChI is InChI=1S/C5H5FN6/c6-2-1-3(11-4(7)9-1)12-5(8)10-2/h(H5,7,8,9,10,11,12). The maximum absolute atomic E-state index is 12.9. The first-order valence-electron chi connectivity index (χ1n) is 3.11. The highest BCUT2D eigenvalue weighted by molar-refractivity contribution is 5.73. The number of aromatic amines is 1. The monoisotopic (exact) mass is 168 g/mol. The second-order valence-electron chi connectivity index (χ2n) is 2.19. The zero-order valence-electron chi connectivity index (χ0n) is 5.87. The van der Waals surface area contributed by atoms with Crippen molar-refractivity contribution in [3.8, 4) is 0 Å². The van der Waals surface area contributed by atoms with Gasteiger partial charge in [-0.25, -0.2) is 0 Å². The van der Waals surface area contributed by atoms with Crippen molar-refractivity contribution in [1.29, 1.82) is 0 Å². The lowest BCUT2D eigenvalue weighted by molar-refractivity contribution is 0.593. The minimum Gasteiger partial charge on any atom is -0.369 e. The van der Waals surface area contributed by atoms with Crippen molar-refractivity contribution in [1.82, 2.24) is 19.9 Å². The van der Waals surface area contributed by atoms with E-state index in [1.807, 2.05) is 0 Å². The zero-order valence-corrected chi connectivity index (χ0v) is 5.87. The Morgan fingerprint density at radius 2 is 1.92 bits per heavy atom. The van der Waals surface area contributed by atoms with Crippen LogP contribution in [0.1, 0.15) is 0 Å². The van der Waals surface area contributed by atoms with Gasteiger partial charge in [0.05, 0.1) is 0 Å². The van der Waals surface area contributed by atoms with Gasteiger partial charge in [0.2, 0.25) is 11.9 Å². The second kappa shape index (κ2) is 2.03. The molecular weight excluding hydrogens is 163 g/mol. The van der Waals surface area contributed by atoms with Crippen LogP contribution in [0.2, 0.25) is 0 Å². The number of hydrogen-bond acceptors (Lipinski definition) is 5. The Bertz CT molecular complexity index is 435. The molecule has 5 N–H and O–H groups in total. The van der Waals surface area contributed by atoms with Crippen molar-refractivity contribution in [2.45, 2.75) is 0 Å². The van der Waals surface area contributed by atoms with Gasteiger partial charge in [-0.3, -0.25) is 0 Å². The third-order valence-electron chi connectivity index (χ3n) is 1.34. The van der Waals surface area contributed by atoms with Gasteiger partial charge < -0.3 is 16.5 Å². The Balaban J connectivity index is 2.88. The van der Waals surface area contributed by atoms with Gasteiger partial charge in [0.25, 0.3) is 0 Å². The molecule has 0 spiro atoms. The van der Waals surface area contributed by atoms with E-state index in [4.69, 9.17) is 11.5 Å². The summed E-state index contributed by atoms with van der Waals surface area (Å²) in [4.78, 5) is 13.1. The van der Waals surface area contributed by atoms with Crippen LogP contribution in [-0.2, 0) is 0 Å². The molecule has 2 aromatic heterocycles. The molecular formula is C5H5FN6. The topological polar surface area (TPSA) is 106 Å². The van der Waals surface area contributed by atoms with Gasteiger partial charge in [-0.15, -0.1) is 0 Å². The Hall–Kier alpha value is -1.92. The van der Waals surface area contributed by atoms with Crippen molar-refractivity contribution in [3.05, 3.63) is 5.95 Å². The first-order chi connectivity index (χ1) is 5.66. The smallest absolute Gasteiger partial charge is 0.243 e. The molecule has 0 atom stereocenters. The van der Waals surface area contributed by atoms with E-state index in [9.17, 15) is 4.39 Å². The molecule has 0 saturated carbocycles. The molecule has 0 aromatic carbocycles. The lowest BCUT2D eigenvalue weighted by atomic mass is 10.5. The Labute approximate surface area is 65.8 Å². The SMILES string of the molecule is Nc1nc(F)c2[nH]c(N)nc2n1. The number of nitrogens with two attached hydrogens (primary N) is 2. The van der Waals surface area contributed by atoms with Crippen molar-refractivity contribution in [2.24, 2.45) is 0 Å². The molecule has 6 nitrogen and oxygen atoms in total. The molecule has 0 fully saturated rings. The first kappa shape index (κ1) is 6.77. The minimum absolute atomic E-state index is 0.0710. The average molecular weight is 168 g/mol. The predicted molar refractivity (Wildman–Crippen MR) is 40.5 cm³/mol. The molecule has 0 amide bonds. The van der Waals surface area contributed by atoms with Gasteiger partial charge >= 0.3 is 0 Å². The van der Waals surface area contributed by atoms with E-state index >= 15 is 0 Å². The fourth-order valence-electron chi connectivity index (χ4n) is 0.897. The van der Waals surface area contributed by atoms with Gasteiger partial charge in [-0.2, -0.15) is 19.3 Å². The van der Waals surface area contributed by atoms with Crippen molar-refractivity contribution >= 4 is 23.1 Å².